The highest BCUT2D eigenvalue weighted by Crippen LogP contribution is 2.45. The first-order valence-corrected chi connectivity index (χ1v) is 9.27. The van der Waals surface area contributed by atoms with Crippen LogP contribution in [0.5, 0.6) is 0 Å². The van der Waals surface area contributed by atoms with E-state index in [4.69, 9.17) is 0 Å². The molecule has 1 aliphatic rings. The van der Waals surface area contributed by atoms with Gasteiger partial charge in [-0.1, -0.05) is 6.07 Å². The van der Waals surface area contributed by atoms with Crippen molar-refractivity contribution in [2.45, 2.75) is 43.1 Å². The van der Waals surface area contributed by atoms with Gasteiger partial charge in [0.2, 0.25) is 0 Å². The molecule has 0 radical (unpaired) electrons. The SMILES string of the molecule is Cc1cc2c(cc1F)S(=O)(=O)C(C(O)c1cc(C)c(C)c(F)c1)C2O. The number of fused-ring (bicyclic) bond motifs is 1. The summed E-state index contributed by atoms with van der Waals surface area (Å²) < 4.78 is 53.2. The minimum atomic E-state index is -4.18. The number of aryl methyl sites for hydroxylation is 2. The number of sulfone groups is 1. The van der Waals surface area contributed by atoms with E-state index in [1.54, 1.807) is 13.8 Å². The molecule has 1 heterocycles. The molecule has 0 amide bonds. The lowest BCUT2D eigenvalue weighted by molar-refractivity contribution is 0.0884. The molecular formula is C18H18F2O4S. The molecular weight excluding hydrogens is 350 g/mol. The number of hydrogen-bond acceptors (Lipinski definition) is 4. The zero-order chi connectivity index (χ0) is 18.7. The van der Waals surface area contributed by atoms with E-state index in [2.05, 4.69) is 0 Å². The van der Waals surface area contributed by atoms with Crippen LogP contribution >= 0.6 is 0 Å². The predicted octanol–water partition coefficient (Wildman–Crippen LogP) is 2.81. The maximum absolute atomic E-state index is 14.0. The van der Waals surface area contributed by atoms with E-state index in [-0.39, 0.29) is 21.6 Å². The van der Waals surface area contributed by atoms with Gasteiger partial charge in [-0.05, 0) is 61.2 Å². The van der Waals surface area contributed by atoms with Crippen molar-refractivity contribution in [3.05, 3.63) is 63.7 Å². The highest BCUT2D eigenvalue weighted by Gasteiger charge is 2.49. The monoisotopic (exact) mass is 368 g/mol. The molecule has 0 fully saturated rings. The van der Waals surface area contributed by atoms with Crippen LogP contribution in [0.15, 0.2) is 29.2 Å². The van der Waals surface area contributed by atoms with Crippen molar-refractivity contribution in [1.82, 2.24) is 0 Å². The quantitative estimate of drug-likeness (QED) is 0.855. The second-order valence-corrected chi connectivity index (χ2v) is 8.56. The first-order valence-electron chi connectivity index (χ1n) is 7.72. The molecule has 25 heavy (non-hydrogen) atoms. The van der Waals surface area contributed by atoms with Crippen molar-refractivity contribution in [2.24, 2.45) is 0 Å². The highest BCUT2D eigenvalue weighted by molar-refractivity contribution is 7.92. The standard InChI is InChI=1S/C18H18F2O4S/c1-8-4-11(6-14(20)10(8)3)16(21)18-17(22)12-5-9(2)13(19)7-15(12)25(18,23)24/h4-7,16-18,21-22H,1-3H3. The number of halogens is 2. The van der Waals surface area contributed by atoms with Gasteiger partial charge in [0, 0.05) is 5.56 Å². The first-order chi connectivity index (χ1) is 11.6. The Kier molecular flexibility index (Phi) is 4.21. The minimum absolute atomic E-state index is 0.0484. The molecule has 3 rings (SSSR count). The Hall–Kier alpha value is -1.83. The molecule has 0 saturated heterocycles. The molecule has 7 heteroatoms. The van der Waals surface area contributed by atoms with E-state index in [0.29, 0.717) is 11.1 Å². The average Bonchev–Trinajstić information content (AvgIpc) is 2.71. The number of rotatable bonds is 2. The van der Waals surface area contributed by atoms with Crippen molar-refractivity contribution in [1.29, 1.82) is 0 Å². The second-order valence-electron chi connectivity index (χ2n) is 6.48. The summed E-state index contributed by atoms with van der Waals surface area (Å²) in [6.45, 7) is 4.67. The van der Waals surface area contributed by atoms with Gasteiger partial charge < -0.3 is 10.2 Å². The Morgan fingerprint density at radius 1 is 1.00 bits per heavy atom. The zero-order valence-electron chi connectivity index (χ0n) is 13.9. The molecule has 2 N–H and O–H groups in total. The highest BCUT2D eigenvalue weighted by atomic mass is 32.2. The summed E-state index contributed by atoms with van der Waals surface area (Å²) in [5, 5.41) is 19.4. The maximum Gasteiger partial charge on any atom is 0.187 e. The molecule has 3 unspecified atom stereocenters. The van der Waals surface area contributed by atoms with Gasteiger partial charge in [-0.3, -0.25) is 0 Å². The lowest BCUT2D eigenvalue weighted by atomic mass is 9.95. The van der Waals surface area contributed by atoms with Crippen LogP contribution in [-0.2, 0) is 9.84 Å². The van der Waals surface area contributed by atoms with Gasteiger partial charge in [0.05, 0.1) is 11.0 Å². The molecule has 0 aromatic heterocycles. The molecule has 2 aromatic rings. The Labute approximate surface area is 144 Å². The van der Waals surface area contributed by atoms with Gasteiger partial charge in [-0.2, -0.15) is 0 Å². The fraction of sp³-hybridized carbons (Fsp3) is 0.333. The Morgan fingerprint density at radius 2 is 1.64 bits per heavy atom. The normalized spacial score (nSPS) is 22.7. The van der Waals surface area contributed by atoms with E-state index < -0.39 is 38.9 Å². The zero-order valence-corrected chi connectivity index (χ0v) is 14.7. The topological polar surface area (TPSA) is 74.6 Å². The third-order valence-electron chi connectivity index (χ3n) is 4.86. The fourth-order valence-corrected chi connectivity index (χ4v) is 5.25. The van der Waals surface area contributed by atoms with Crippen molar-refractivity contribution < 1.29 is 27.4 Å². The van der Waals surface area contributed by atoms with E-state index >= 15 is 0 Å². The Balaban J connectivity index is 2.12. The summed E-state index contributed by atoms with van der Waals surface area (Å²) in [6, 6.07) is 4.67. The molecule has 0 spiro atoms. The largest absolute Gasteiger partial charge is 0.387 e. The number of benzene rings is 2. The van der Waals surface area contributed by atoms with Gasteiger partial charge >= 0.3 is 0 Å². The van der Waals surface area contributed by atoms with Gasteiger partial charge in [-0.25, -0.2) is 17.2 Å². The van der Waals surface area contributed by atoms with Gasteiger partial charge in [0.25, 0.3) is 0 Å². The van der Waals surface area contributed by atoms with Crippen LogP contribution in [0.4, 0.5) is 8.78 Å². The van der Waals surface area contributed by atoms with Gasteiger partial charge in [-0.15, -0.1) is 0 Å². The molecule has 2 aromatic carbocycles. The fourth-order valence-electron chi connectivity index (χ4n) is 3.20. The number of hydrogen-bond donors (Lipinski definition) is 2. The van der Waals surface area contributed by atoms with E-state index in [1.807, 2.05) is 0 Å². The van der Waals surface area contributed by atoms with Crippen molar-refractivity contribution in [3.8, 4) is 0 Å². The molecule has 3 atom stereocenters. The molecule has 0 saturated carbocycles. The van der Waals surface area contributed by atoms with Gasteiger partial charge in [0.15, 0.2) is 9.84 Å². The molecule has 0 aliphatic carbocycles. The summed E-state index contributed by atoms with van der Waals surface area (Å²) >= 11 is 0. The number of aliphatic hydroxyl groups excluding tert-OH is 2. The summed E-state index contributed by atoms with van der Waals surface area (Å²) in [7, 11) is -4.18. The molecule has 1 aliphatic heterocycles. The summed E-state index contributed by atoms with van der Waals surface area (Å²) in [6.07, 6.45) is -3.18. The number of aliphatic hydroxyl groups is 2. The Morgan fingerprint density at radius 3 is 2.24 bits per heavy atom. The van der Waals surface area contributed by atoms with Crippen LogP contribution in [-0.4, -0.2) is 23.9 Å². The average molecular weight is 368 g/mol. The Bertz CT molecular complexity index is 946. The first kappa shape index (κ1) is 18.0. The third kappa shape index (κ3) is 2.67. The van der Waals surface area contributed by atoms with Crippen LogP contribution in [0.25, 0.3) is 0 Å². The van der Waals surface area contributed by atoms with Crippen LogP contribution in [0.1, 0.15) is 40.0 Å². The summed E-state index contributed by atoms with van der Waals surface area (Å²) in [5.74, 6) is -1.28. The van der Waals surface area contributed by atoms with Crippen molar-refractivity contribution in [3.63, 3.8) is 0 Å². The van der Waals surface area contributed by atoms with Crippen LogP contribution in [0, 0.1) is 32.4 Å². The lowest BCUT2D eigenvalue weighted by Crippen LogP contribution is -2.29. The van der Waals surface area contributed by atoms with Crippen molar-refractivity contribution in [2.75, 3.05) is 0 Å². The molecule has 134 valence electrons. The predicted molar refractivity (Wildman–Crippen MR) is 87.9 cm³/mol. The molecule has 0 bridgehead atoms. The summed E-state index contributed by atoms with van der Waals surface area (Å²) in [5.41, 5.74) is 1.25. The van der Waals surface area contributed by atoms with Crippen molar-refractivity contribution >= 4 is 9.84 Å². The van der Waals surface area contributed by atoms with E-state index in [0.717, 1.165) is 12.1 Å². The van der Waals surface area contributed by atoms with Gasteiger partial charge in [0.1, 0.15) is 23.0 Å². The van der Waals surface area contributed by atoms with E-state index in [9.17, 15) is 27.4 Å². The van der Waals surface area contributed by atoms with Crippen LogP contribution in [0.2, 0.25) is 0 Å². The van der Waals surface area contributed by atoms with Crippen LogP contribution < -0.4 is 0 Å². The summed E-state index contributed by atoms with van der Waals surface area (Å²) in [4.78, 5) is -0.337. The minimum Gasteiger partial charge on any atom is -0.387 e. The van der Waals surface area contributed by atoms with E-state index in [1.165, 1.54) is 19.1 Å². The second kappa shape index (κ2) is 5.86. The van der Waals surface area contributed by atoms with Crippen LogP contribution in [0.3, 0.4) is 0 Å². The lowest BCUT2D eigenvalue weighted by Gasteiger charge is -2.22. The maximum atomic E-state index is 14.0. The molecule has 4 nitrogen and oxygen atoms in total. The smallest absolute Gasteiger partial charge is 0.187 e. The third-order valence-corrected chi connectivity index (χ3v) is 7.06.